The lowest BCUT2D eigenvalue weighted by Gasteiger charge is -2.24. The monoisotopic (exact) mass is 470 g/mol. The summed E-state index contributed by atoms with van der Waals surface area (Å²) in [4.78, 5) is 8.96. The van der Waals surface area contributed by atoms with Gasteiger partial charge in [-0.1, -0.05) is 38.1 Å². The Morgan fingerprint density at radius 3 is 2.50 bits per heavy atom. The molecule has 0 aliphatic rings. The summed E-state index contributed by atoms with van der Waals surface area (Å²) in [6.07, 6.45) is 2.62. The van der Waals surface area contributed by atoms with E-state index in [2.05, 4.69) is 20.6 Å². The van der Waals surface area contributed by atoms with E-state index in [4.69, 9.17) is 0 Å². The Bertz CT molecular complexity index is 689. The molecule has 1 aromatic heterocycles. The van der Waals surface area contributed by atoms with Crippen molar-refractivity contribution in [2.45, 2.75) is 32.6 Å². The molecule has 0 spiro atoms. The quantitative estimate of drug-likeness (QED) is 0.367. The topological polar surface area (TPSA) is 49.3 Å². The Hall–Kier alpha value is -1.70. The molecule has 0 saturated carbocycles. The highest BCUT2D eigenvalue weighted by atomic mass is 127. The predicted molar refractivity (Wildman–Crippen MR) is 117 cm³/mol. The normalized spacial score (nSPS) is 11.6. The third-order valence-corrected chi connectivity index (χ3v) is 3.98. The molecule has 0 unspecified atom stereocenters. The lowest BCUT2D eigenvalue weighted by molar-refractivity contribution is 0.492. The summed E-state index contributed by atoms with van der Waals surface area (Å²) in [6.45, 7) is 8.04. The van der Waals surface area contributed by atoms with Crippen molar-refractivity contribution < 1.29 is 4.39 Å². The number of pyridine rings is 1. The molecule has 0 radical (unpaired) electrons. The first-order valence-electron chi connectivity index (χ1n) is 8.70. The molecule has 0 atom stereocenters. The molecule has 6 heteroatoms. The highest BCUT2D eigenvalue weighted by molar-refractivity contribution is 14.0. The fraction of sp³-hybridized carbons (Fsp3) is 0.400. The van der Waals surface area contributed by atoms with Crippen LogP contribution in [0.1, 0.15) is 32.0 Å². The van der Waals surface area contributed by atoms with E-state index in [1.54, 1.807) is 12.3 Å². The van der Waals surface area contributed by atoms with Crippen molar-refractivity contribution in [2.24, 2.45) is 4.99 Å². The highest BCUT2D eigenvalue weighted by Crippen LogP contribution is 2.25. The van der Waals surface area contributed by atoms with Crippen LogP contribution in [0.3, 0.4) is 0 Å². The first-order chi connectivity index (χ1) is 12.0. The molecule has 0 saturated heterocycles. The molecule has 0 fully saturated rings. The molecule has 0 aliphatic carbocycles. The Labute approximate surface area is 172 Å². The average molecular weight is 470 g/mol. The van der Waals surface area contributed by atoms with Crippen LogP contribution in [0.5, 0.6) is 0 Å². The van der Waals surface area contributed by atoms with E-state index in [9.17, 15) is 4.39 Å². The molecule has 1 heterocycles. The number of nitrogens with one attached hydrogen (secondary N) is 2. The predicted octanol–water partition coefficient (Wildman–Crippen LogP) is 3.91. The summed E-state index contributed by atoms with van der Waals surface area (Å²) in [6, 6.07) is 12.8. The number of nitrogens with zero attached hydrogens (tertiary/aromatic N) is 2. The Kier molecular flexibility index (Phi) is 9.54. The number of halogens is 2. The van der Waals surface area contributed by atoms with E-state index in [1.165, 1.54) is 6.07 Å². The zero-order valence-corrected chi connectivity index (χ0v) is 18.0. The summed E-state index contributed by atoms with van der Waals surface area (Å²) < 4.78 is 14.1. The smallest absolute Gasteiger partial charge is 0.191 e. The number of guanidine groups is 1. The minimum atomic E-state index is -0.380. The Morgan fingerprint density at radius 2 is 1.85 bits per heavy atom. The van der Waals surface area contributed by atoms with Gasteiger partial charge in [0.2, 0.25) is 0 Å². The summed E-state index contributed by atoms with van der Waals surface area (Å²) in [5.41, 5.74) is 1.34. The second kappa shape index (κ2) is 11.1. The van der Waals surface area contributed by atoms with E-state index in [1.807, 2.05) is 51.1 Å². The number of aliphatic imine (C=N–C) groups is 1. The maximum atomic E-state index is 14.1. The molecule has 1 aromatic carbocycles. The van der Waals surface area contributed by atoms with Crippen molar-refractivity contribution in [3.63, 3.8) is 0 Å². The van der Waals surface area contributed by atoms with Gasteiger partial charge in [-0.25, -0.2) is 4.39 Å². The van der Waals surface area contributed by atoms with Gasteiger partial charge in [0.1, 0.15) is 5.82 Å². The van der Waals surface area contributed by atoms with Crippen molar-refractivity contribution >= 4 is 29.9 Å². The molecular weight excluding hydrogens is 442 g/mol. The fourth-order valence-corrected chi connectivity index (χ4v) is 2.57. The van der Waals surface area contributed by atoms with Gasteiger partial charge in [0, 0.05) is 36.8 Å². The lowest BCUT2D eigenvalue weighted by Crippen LogP contribution is -2.39. The van der Waals surface area contributed by atoms with Gasteiger partial charge in [0.15, 0.2) is 5.96 Å². The number of aromatic nitrogens is 1. The van der Waals surface area contributed by atoms with Gasteiger partial charge >= 0.3 is 0 Å². The van der Waals surface area contributed by atoms with E-state index in [0.29, 0.717) is 12.1 Å². The first kappa shape index (κ1) is 22.3. The standard InChI is InChI=1S/C20H27FN4.HI/c1-4-22-19(24-14-12-16-9-7-8-13-23-16)25-15-20(2,3)17-10-5-6-11-18(17)21;/h5-11,13H,4,12,14-15H2,1-3H3,(H2,22,24,25);1H. The largest absolute Gasteiger partial charge is 0.357 e. The van der Waals surface area contributed by atoms with Gasteiger partial charge in [-0.2, -0.15) is 0 Å². The summed E-state index contributed by atoms with van der Waals surface area (Å²) in [5.74, 6) is 0.554. The molecule has 0 aliphatic heterocycles. The minimum absolute atomic E-state index is 0. The van der Waals surface area contributed by atoms with Gasteiger partial charge in [0.25, 0.3) is 0 Å². The molecule has 0 bridgehead atoms. The molecule has 2 N–H and O–H groups in total. The highest BCUT2D eigenvalue weighted by Gasteiger charge is 2.23. The second-order valence-electron chi connectivity index (χ2n) is 6.56. The van der Waals surface area contributed by atoms with Crippen LogP contribution in [0.15, 0.2) is 53.7 Å². The van der Waals surface area contributed by atoms with Crippen molar-refractivity contribution in [3.8, 4) is 0 Å². The molecular formula is C20H28FIN4. The lowest BCUT2D eigenvalue weighted by atomic mass is 9.84. The van der Waals surface area contributed by atoms with Crippen LogP contribution in [0.2, 0.25) is 0 Å². The van der Waals surface area contributed by atoms with Crippen LogP contribution in [0.4, 0.5) is 4.39 Å². The van der Waals surface area contributed by atoms with E-state index in [0.717, 1.165) is 31.2 Å². The molecule has 142 valence electrons. The maximum Gasteiger partial charge on any atom is 0.191 e. The first-order valence-corrected chi connectivity index (χ1v) is 8.70. The zero-order chi connectivity index (χ0) is 18.1. The van der Waals surface area contributed by atoms with Crippen molar-refractivity contribution in [2.75, 3.05) is 19.6 Å². The second-order valence-corrected chi connectivity index (χ2v) is 6.56. The van der Waals surface area contributed by atoms with Gasteiger partial charge in [-0.3, -0.25) is 9.98 Å². The van der Waals surface area contributed by atoms with Gasteiger partial charge in [-0.15, -0.1) is 24.0 Å². The summed E-state index contributed by atoms with van der Waals surface area (Å²) in [7, 11) is 0. The van der Waals surface area contributed by atoms with Crippen molar-refractivity contribution in [1.29, 1.82) is 0 Å². The Balaban J connectivity index is 0.00000338. The number of rotatable bonds is 7. The summed E-state index contributed by atoms with van der Waals surface area (Å²) in [5, 5.41) is 6.55. The van der Waals surface area contributed by atoms with E-state index in [-0.39, 0.29) is 35.2 Å². The van der Waals surface area contributed by atoms with Crippen LogP contribution in [-0.2, 0) is 11.8 Å². The van der Waals surface area contributed by atoms with Crippen LogP contribution >= 0.6 is 24.0 Å². The van der Waals surface area contributed by atoms with E-state index >= 15 is 0 Å². The Morgan fingerprint density at radius 1 is 1.12 bits per heavy atom. The molecule has 2 aromatic rings. The van der Waals surface area contributed by atoms with Gasteiger partial charge in [0.05, 0.1) is 6.54 Å². The number of hydrogen-bond acceptors (Lipinski definition) is 2. The number of benzene rings is 1. The van der Waals surface area contributed by atoms with Crippen LogP contribution < -0.4 is 10.6 Å². The third kappa shape index (κ3) is 6.90. The molecule has 0 amide bonds. The van der Waals surface area contributed by atoms with Crippen molar-refractivity contribution in [3.05, 3.63) is 65.7 Å². The van der Waals surface area contributed by atoms with Crippen molar-refractivity contribution in [1.82, 2.24) is 15.6 Å². The molecule has 4 nitrogen and oxygen atoms in total. The zero-order valence-electron chi connectivity index (χ0n) is 15.6. The SMILES string of the molecule is CCNC(=NCC(C)(C)c1ccccc1F)NCCc1ccccn1.I. The van der Waals surface area contributed by atoms with Crippen LogP contribution in [0.25, 0.3) is 0 Å². The average Bonchev–Trinajstić information content (AvgIpc) is 2.61. The van der Waals surface area contributed by atoms with E-state index < -0.39 is 0 Å². The fourth-order valence-electron chi connectivity index (χ4n) is 2.57. The van der Waals surface area contributed by atoms with Crippen LogP contribution in [-0.4, -0.2) is 30.6 Å². The molecule has 2 rings (SSSR count). The third-order valence-electron chi connectivity index (χ3n) is 3.98. The van der Waals surface area contributed by atoms with Crippen LogP contribution in [0, 0.1) is 5.82 Å². The summed E-state index contributed by atoms with van der Waals surface area (Å²) >= 11 is 0. The van der Waals surface area contributed by atoms with Gasteiger partial charge in [-0.05, 0) is 30.7 Å². The van der Waals surface area contributed by atoms with Gasteiger partial charge < -0.3 is 10.6 Å². The maximum absolute atomic E-state index is 14.1. The molecule has 26 heavy (non-hydrogen) atoms. The number of hydrogen-bond donors (Lipinski definition) is 2. The minimum Gasteiger partial charge on any atom is -0.357 e.